The highest BCUT2D eigenvalue weighted by atomic mass is 35.5. The Morgan fingerprint density at radius 1 is 1.11 bits per heavy atom. The van der Waals surface area contributed by atoms with E-state index in [0.29, 0.717) is 40.7 Å². The Balaban J connectivity index is 2.01. The molecular formula is C21H22ClN3O2S. The Kier molecular flexibility index (Phi) is 6.75. The Morgan fingerprint density at radius 2 is 1.79 bits per heavy atom. The van der Waals surface area contributed by atoms with Gasteiger partial charge in [-0.05, 0) is 37.6 Å². The lowest BCUT2D eigenvalue weighted by Gasteiger charge is -2.19. The Morgan fingerprint density at radius 3 is 2.50 bits per heavy atom. The van der Waals surface area contributed by atoms with E-state index in [9.17, 15) is 9.59 Å². The quantitative estimate of drug-likeness (QED) is 0.431. The first-order chi connectivity index (χ1) is 13.5. The summed E-state index contributed by atoms with van der Waals surface area (Å²) in [6.07, 6.45) is 0. The summed E-state index contributed by atoms with van der Waals surface area (Å²) in [5.41, 5.74) is 1.32. The van der Waals surface area contributed by atoms with Gasteiger partial charge in [-0.3, -0.25) is 14.2 Å². The standard InChI is InChI=1S/C21H22ClN3O2S/c1-3-24(4-2)19(26)14-28-21-23-18-12-8-6-10-16(18)20(27)25(21)13-15-9-5-7-11-17(15)22/h5-12H,3-4,13-14H2,1-2H3. The second kappa shape index (κ2) is 9.26. The minimum atomic E-state index is -0.136. The number of carbonyl (C=O) groups excluding carboxylic acids is 1. The fourth-order valence-electron chi connectivity index (χ4n) is 2.99. The molecule has 1 heterocycles. The lowest BCUT2D eigenvalue weighted by atomic mass is 10.2. The monoisotopic (exact) mass is 415 g/mol. The highest BCUT2D eigenvalue weighted by molar-refractivity contribution is 7.99. The fourth-order valence-corrected chi connectivity index (χ4v) is 4.08. The average Bonchev–Trinajstić information content (AvgIpc) is 2.71. The molecule has 0 fully saturated rings. The summed E-state index contributed by atoms with van der Waals surface area (Å²) < 4.78 is 1.60. The first kappa shape index (κ1) is 20.4. The summed E-state index contributed by atoms with van der Waals surface area (Å²) >= 11 is 7.59. The fraction of sp³-hybridized carbons (Fsp3) is 0.286. The normalized spacial score (nSPS) is 11.0. The smallest absolute Gasteiger partial charge is 0.262 e. The lowest BCUT2D eigenvalue weighted by Crippen LogP contribution is -2.32. The van der Waals surface area contributed by atoms with Gasteiger partial charge >= 0.3 is 0 Å². The second-order valence-electron chi connectivity index (χ2n) is 6.25. The molecule has 3 rings (SSSR count). The number of nitrogens with zero attached hydrogens (tertiary/aromatic N) is 3. The number of thioether (sulfide) groups is 1. The van der Waals surface area contributed by atoms with Crippen molar-refractivity contribution in [3.8, 4) is 0 Å². The first-order valence-electron chi connectivity index (χ1n) is 9.18. The van der Waals surface area contributed by atoms with Crippen LogP contribution in [0.4, 0.5) is 0 Å². The third kappa shape index (κ3) is 4.39. The van der Waals surface area contributed by atoms with Crippen LogP contribution in [0, 0.1) is 0 Å². The zero-order valence-electron chi connectivity index (χ0n) is 15.9. The van der Waals surface area contributed by atoms with E-state index in [1.165, 1.54) is 11.8 Å². The van der Waals surface area contributed by atoms with Crippen molar-refractivity contribution in [3.05, 3.63) is 69.5 Å². The third-order valence-corrected chi connectivity index (χ3v) is 5.88. The van der Waals surface area contributed by atoms with Crippen LogP contribution in [-0.4, -0.2) is 39.2 Å². The molecule has 0 radical (unpaired) electrons. The minimum Gasteiger partial charge on any atom is -0.343 e. The second-order valence-corrected chi connectivity index (χ2v) is 7.60. The van der Waals surface area contributed by atoms with Crippen molar-refractivity contribution in [2.45, 2.75) is 25.5 Å². The molecule has 1 aromatic heterocycles. The Labute approximate surface area is 173 Å². The molecule has 0 saturated heterocycles. The topological polar surface area (TPSA) is 55.2 Å². The lowest BCUT2D eigenvalue weighted by molar-refractivity contribution is -0.127. The Hall–Kier alpha value is -2.31. The van der Waals surface area contributed by atoms with Crippen LogP contribution in [0.3, 0.4) is 0 Å². The van der Waals surface area contributed by atoms with Gasteiger partial charge in [0.05, 0.1) is 23.2 Å². The van der Waals surface area contributed by atoms with Gasteiger partial charge in [-0.2, -0.15) is 0 Å². The van der Waals surface area contributed by atoms with E-state index in [1.54, 1.807) is 21.6 Å². The van der Waals surface area contributed by atoms with Crippen LogP contribution in [-0.2, 0) is 11.3 Å². The third-order valence-electron chi connectivity index (χ3n) is 4.55. The predicted molar refractivity (Wildman–Crippen MR) is 115 cm³/mol. The highest BCUT2D eigenvalue weighted by Gasteiger charge is 2.16. The van der Waals surface area contributed by atoms with Crippen molar-refractivity contribution >= 4 is 40.2 Å². The van der Waals surface area contributed by atoms with Crippen LogP contribution < -0.4 is 5.56 Å². The number of para-hydroxylation sites is 1. The molecule has 146 valence electrons. The van der Waals surface area contributed by atoms with Crippen LogP contribution in [0.1, 0.15) is 19.4 Å². The van der Waals surface area contributed by atoms with Gasteiger partial charge in [-0.25, -0.2) is 4.98 Å². The number of amides is 1. The van der Waals surface area contributed by atoms with E-state index >= 15 is 0 Å². The number of hydrogen-bond donors (Lipinski definition) is 0. The molecule has 5 nitrogen and oxygen atoms in total. The number of carbonyl (C=O) groups is 1. The van der Waals surface area contributed by atoms with Gasteiger partial charge in [0, 0.05) is 18.1 Å². The first-order valence-corrected chi connectivity index (χ1v) is 10.5. The SMILES string of the molecule is CCN(CC)C(=O)CSc1nc2ccccc2c(=O)n1Cc1ccccc1Cl. The number of benzene rings is 2. The maximum atomic E-state index is 13.1. The summed E-state index contributed by atoms with van der Waals surface area (Å²) in [6, 6.07) is 14.7. The van der Waals surface area contributed by atoms with Gasteiger partial charge in [-0.1, -0.05) is 53.7 Å². The molecule has 0 aliphatic carbocycles. The van der Waals surface area contributed by atoms with Crippen molar-refractivity contribution in [1.82, 2.24) is 14.5 Å². The van der Waals surface area contributed by atoms with E-state index in [2.05, 4.69) is 4.98 Å². The van der Waals surface area contributed by atoms with Crippen molar-refractivity contribution in [1.29, 1.82) is 0 Å². The average molecular weight is 416 g/mol. The largest absolute Gasteiger partial charge is 0.343 e. The van der Waals surface area contributed by atoms with E-state index in [4.69, 9.17) is 11.6 Å². The zero-order chi connectivity index (χ0) is 20.1. The van der Waals surface area contributed by atoms with E-state index in [0.717, 1.165) is 5.56 Å². The van der Waals surface area contributed by atoms with Gasteiger partial charge in [0.15, 0.2) is 5.16 Å². The predicted octanol–water partition coefficient (Wildman–Crippen LogP) is 4.06. The van der Waals surface area contributed by atoms with Crippen molar-refractivity contribution in [2.75, 3.05) is 18.8 Å². The van der Waals surface area contributed by atoms with Gasteiger partial charge in [-0.15, -0.1) is 0 Å². The molecule has 0 bridgehead atoms. The molecular weight excluding hydrogens is 394 g/mol. The molecule has 0 spiro atoms. The molecule has 28 heavy (non-hydrogen) atoms. The van der Waals surface area contributed by atoms with Crippen LogP contribution >= 0.6 is 23.4 Å². The van der Waals surface area contributed by atoms with Gasteiger partial charge in [0.1, 0.15) is 0 Å². The van der Waals surface area contributed by atoms with Crippen molar-refractivity contribution in [3.63, 3.8) is 0 Å². The number of hydrogen-bond acceptors (Lipinski definition) is 4. The van der Waals surface area contributed by atoms with Gasteiger partial charge < -0.3 is 4.90 Å². The molecule has 0 aliphatic rings. The van der Waals surface area contributed by atoms with Gasteiger partial charge in [0.2, 0.25) is 5.91 Å². The van der Waals surface area contributed by atoms with Gasteiger partial charge in [0.25, 0.3) is 5.56 Å². The molecule has 2 aromatic carbocycles. The molecule has 0 saturated carbocycles. The molecule has 0 aliphatic heterocycles. The van der Waals surface area contributed by atoms with Crippen molar-refractivity contribution in [2.24, 2.45) is 0 Å². The van der Waals surface area contributed by atoms with Crippen LogP contribution in [0.2, 0.25) is 5.02 Å². The van der Waals surface area contributed by atoms with Crippen molar-refractivity contribution < 1.29 is 4.79 Å². The van der Waals surface area contributed by atoms with E-state index < -0.39 is 0 Å². The van der Waals surface area contributed by atoms with Crippen LogP contribution in [0.15, 0.2) is 58.5 Å². The van der Waals surface area contributed by atoms with Crippen LogP contribution in [0.25, 0.3) is 10.9 Å². The number of rotatable bonds is 7. The van der Waals surface area contributed by atoms with E-state index in [1.807, 2.05) is 50.2 Å². The summed E-state index contributed by atoms with van der Waals surface area (Å²) in [5.74, 6) is 0.260. The highest BCUT2D eigenvalue weighted by Crippen LogP contribution is 2.22. The maximum absolute atomic E-state index is 13.1. The molecule has 0 N–H and O–H groups in total. The summed E-state index contributed by atoms with van der Waals surface area (Å²) in [4.78, 5) is 32.0. The maximum Gasteiger partial charge on any atom is 0.262 e. The minimum absolute atomic E-state index is 0.0294. The number of aromatic nitrogens is 2. The Bertz CT molecular complexity index is 1050. The zero-order valence-corrected chi connectivity index (χ0v) is 17.5. The summed E-state index contributed by atoms with van der Waals surface area (Å²) in [5, 5.41) is 1.66. The van der Waals surface area contributed by atoms with Crippen LogP contribution in [0.5, 0.6) is 0 Å². The summed E-state index contributed by atoms with van der Waals surface area (Å²) in [7, 11) is 0. The number of fused-ring (bicyclic) bond motifs is 1. The molecule has 7 heteroatoms. The summed E-state index contributed by atoms with van der Waals surface area (Å²) in [6.45, 7) is 5.53. The molecule has 0 atom stereocenters. The molecule has 3 aromatic rings. The number of halogens is 1. The molecule has 1 amide bonds. The van der Waals surface area contributed by atoms with E-state index in [-0.39, 0.29) is 17.2 Å². The molecule has 0 unspecified atom stereocenters.